The largest absolute Gasteiger partial charge is 0.515 e. The standard InChI is InChI=1S/C21H21N3O3/c1-13-4-7-16-19(10-13)27-18-8-9-23-11-17(18)20(16)24-21(26)15(12-25)6-5-14(2)22-3/h4-12,20,25H,1-3H3,(H,24,26)/b6-5-,15-12-,22-14?. The van der Waals surface area contributed by atoms with Crippen LogP contribution in [0.3, 0.4) is 0 Å². The lowest BCUT2D eigenvalue weighted by molar-refractivity contribution is -0.117. The van der Waals surface area contributed by atoms with Crippen molar-refractivity contribution in [3.05, 3.63) is 77.3 Å². The van der Waals surface area contributed by atoms with Gasteiger partial charge in [0.1, 0.15) is 11.5 Å². The van der Waals surface area contributed by atoms with Crippen LogP contribution >= 0.6 is 0 Å². The average molecular weight is 363 g/mol. The lowest BCUT2D eigenvalue weighted by atomic mass is 9.94. The van der Waals surface area contributed by atoms with E-state index in [1.54, 1.807) is 31.6 Å². The molecule has 0 saturated heterocycles. The molecular formula is C21H21N3O3. The van der Waals surface area contributed by atoms with Crippen molar-refractivity contribution in [3.63, 3.8) is 0 Å². The highest BCUT2D eigenvalue weighted by Crippen LogP contribution is 2.42. The highest BCUT2D eigenvalue weighted by atomic mass is 16.5. The smallest absolute Gasteiger partial charge is 0.255 e. The molecule has 1 aromatic carbocycles. The van der Waals surface area contributed by atoms with E-state index < -0.39 is 11.9 Å². The summed E-state index contributed by atoms with van der Waals surface area (Å²) in [6, 6.07) is 7.16. The molecule has 1 aliphatic rings. The predicted molar refractivity (Wildman–Crippen MR) is 104 cm³/mol. The molecule has 0 aliphatic carbocycles. The van der Waals surface area contributed by atoms with Crippen LogP contribution in [0.15, 0.2) is 65.6 Å². The van der Waals surface area contributed by atoms with Crippen molar-refractivity contribution in [2.75, 3.05) is 7.05 Å². The molecule has 6 heteroatoms. The summed E-state index contributed by atoms with van der Waals surface area (Å²) in [6.45, 7) is 3.79. The van der Waals surface area contributed by atoms with E-state index >= 15 is 0 Å². The van der Waals surface area contributed by atoms with Crippen LogP contribution in [-0.2, 0) is 4.79 Å². The molecule has 6 nitrogen and oxygen atoms in total. The number of allylic oxidation sites excluding steroid dienone is 1. The Balaban J connectivity index is 1.94. The Morgan fingerprint density at radius 2 is 2.07 bits per heavy atom. The molecule has 2 aromatic rings. The second kappa shape index (κ2) is 7.86. The summed E-state index contributed by atoms with van der Waals surface area (Å²) in [6.07, 6.45) is 7.30. The topological polar surface area (TPSA) is 83.8 Å². The van der Waals surface area contributed by atoms with Crippen molar-refractivity contribution < 1.29 is 14.6 Å². The number of benzene rings is 1. The molecule has 0 saturated carbocycles. The minimum atomic E-state index is -0.435. The number of aryl methyl sites for hydroxylation is 1. The van der Waals surface area contributed by atoms with Crippen LogP contribution in [0.1, 0.15) is 29.7 Å². The number of hydrogen-bond donors (Lipinski definition) is 2. The average Bonchev–Trinajstić information content (AvgIpc) is 2.67. The number of aliphatic imine (C=N–C) groups is 1. The molecule has 0 bridgehead atoms. The molecule has 27 heavy (non-hydrogen) atoms. The Hall–Kier alpha value is -3.41. The van der Waals surface area contributed by atoms with E-state index in [4.69, 9.17) is 4.74 Å². The van der Waals surface area contributed by atoms with E-state index in [9.17, 15) is 9.90 Å². The molecule has 1 aliphatic heterocycles. The number of pyridine rings is 1. The number of ether oxygens (including phenoxy) is 1. The van der Waals surface area contributed by atoms with Crippen molar-refractivity contribution >= 4 is 11.6 Å². The molecule has 0 spiro atoms. The normalized spacial score (nSPS) is 16.5. The molecule has 2 N–H and O–H groups in total. The van der Waals surface area contributed by atoms with Crippen LogP contribution in [0, 0.1) is 6.92 Å². The summed E-state index contributed by atoms with van der Waals surface area (Å²) in [5.41, 5.74) is 3.52. The zero-order valence-electron chi connectivity index (χ0n) is 15.4. The maximum absolute atomic E-state index is 12.7. The van der Waals surface area contributed by atoms with Gasteiger partial charge in [-0.3, -0.25) is 14.8 Å². The zero-order valence-corrected chi connectivity index (χ0v) is 15.4. The monoisotopic (exact) mass is 363 g/mol. The van der Waals surface area contributed by atoms with Crippen LogP contribution in [0.4, 0.5) is 0 Å². The van der Waals surface area contributed by atoms with Gasteiger partial charge >= 0.3 is 0 Å². The Labute approximate surface area is 157 Å². The number of aliphatic hydroxyl groups excluding tert-OH is 1. The maximum atomic E-state index is 12.7. The van der Waals surface area contributed by atoms with Crippen molar-refractivity contribution in [2.45, 2.75) is 19.9 Å². The number of rotatable bonds is 4. The van der Waals surface area contributed by atoms with E-state index in [1.165, 1.54) is 6.08 Å². The maximum Gasteiger partial charge on any atom is 0.255 e. The fraction of sp³-hybridized carbons (Fsp3) is 0.190. The number of carbonyl (C=O) groups is 1. The first-order valence-corrected chi connectivity index (χ1v) is 8.52. The van der Waals surface area contributed by atoms with E-state index in [0.717, 1.165) is 28.7 Å². The molecule has 3 rings (SSSR count). The minimum Gasteiger partial charge on any atom is -0.515 e. The Kier molecular flexibility index (Phi) is 5.35. The lowest BCUT2D eigenvalue weighted by Gasteiger charge is -2.28. The number of carbonyl (C=O) groups excluding carboxylic acids is 1. The summed E-state index contributed by atoms with van der Waals surface area (Å²) >= 11 is 0. The first-order valence-electron chi connectivity index (χ1n) is 8.52. The fourth-order valence-corrected chi connectivity index (χ4v) is 2.79. The second-order valence-corrected chi connectivity index (χ2v) is 6.25. The van der Waals surface area contributed by atoms with Gasteiger partial charge in [-0.2, -0.15) is 0 Å². The van der Waals surface area contributed by atoms with Gasteiger partial charge in [-0.05, 0) is 43.7 Å². The van der Waals surface area contributed by atoms with Crippen LogP contribution in [0.2, 0.25) is 0 Å². The van der Waals surface area contributed by atoms with Gasteiger partial charge in [0.2, 0.25) is 0 Å². The summed E-state index contributed by atoms with van der Waals surface area (Å²) in [5, 5.41) is 12.5. The molecule has 1 amide bonds. The Morgan fingerprint density at radius 1 is 1.26 bits per heavy atom. The number of nitrogens with zero attached hydrogens (tertiary/aromatic N) is 2. The third-order valence-corrected chi connectivity index (χ3v) is 4.35. The summed E-state index contributed by atoms with van der Waals surface area (Å²) < 4.78 is 5.97. The first kappa shape index (κ1) is 18.4. The molecule has 0 radical (unpaired) electrons. The van der Waals surface area contributed by atoms with Gasteiger partial charge in [-0.25, -0.2) is 0 Å². The van der Waals surface area contributed by atoms with Gasteiger partial charge in [0, 0.05) is 36.3 Å². The van der Waals surface area contributed by atoms with Gasteiger partial charge in [-0.15, -0.1) is 0 Å². The van der Waals surface area contributed by atoms with Gasteiger partial charge in [0.05, 0.1) is 17.9 Å². The van der Waals surface area contributed by atoms with Crippen LogP contribution < -0.4 is 10.1 Å². The summed E-state index contributed by atoms with van der Waals surface area (Å²) in [4.78, 5) is 20.9. The number of hydrogen-bond acceptors (Lipinski definition) is 5. The highest BCUT2D eigenvalue weighted by Gasteiger charge is 2.29. The lowest BCUT2D eigenvalue weighted by Crippen LogP contribution is -2.32. The van der Waals surface area contributed by atoms with Crippen LogP contribution in [0.5, 0.6) is 11.5 Å². The molecule has 138 valence electrons. The molecule has 1 aromatic heterocycles. The number of aromatic nitrogens is 1. The van der Waals surface area contributed by atoms with Crippen molar-refractivity contribution in [1.82, 2.24) is 10.3 Å². The third kappa shape index (κ3) is 3.89. The number of fused-ring (bicyclic) bond motifs is 2. The summed E-state index contributed by atoms with van der Waals surface area (Å²) in [7, 11) is 1.66. The van der Waals surface area contributed by atoms with Crippen molar-refractivity contribution in [2.24, 2.45) is 4.99 Å². The number of aliphatic hydroxyl groups is 1. The highest BCUT2D eigenvalue weighted by molar-refractivity contribution is 6.00. The number of amides is 1. The van der Waals surface area contributed by atoms with E-state index in [1.807, 2.05) is 32.0 Å². The summed E-state index contributed by atoms with van der Waals surface area (Å²) in [5.74, 6) is 0.927. The van der Waals surface area contributed by atoms with E-state index in [-0.39, 0.29) is 5.57 Å². The van der Waals surface area contributed by atoms with Gasteiger partial charge in [-0.1, -0.05) is 12.1 Å². The van der Waals surface area contributed by atoms with Gasteiger partial charge in [0.25, 0.3) is 5.91 Å². The van der Waals surface area contributed by atoms with Crippen molar-refractivity contribution in [3.8, 4) is 11.5 Å². The van der Waals surface area contributed by atoms with E-state index in [0.29, 0.717) is 11.5 Å². The van der Waals surface area contributed by atoms with Gasteiger partial charge < -0.3 is 15.2 Å². The SMILES string of the molecule is CN=C(C)/C=C\C(=C\O)C(=O)NC1c2ccc(C)cc2Oc2ccncc21. The first-order chi connectivity index (χ1) is 13.0. The molecule has 2 heterocycles. The minimum absolute atomic E-state index is 0.128. The Morgan fingerprint density at radius 3 is 2.81 bits per heavy atom. The quantitative estimate of drug-likeness (QED) is 0.375. The molecular weight excluding hydrogens is 342 g/mol. The fourth-order valence-electron chi connectivity index (χ4n) is 2.79. The van der Waals surface area contributed by atoms with Crippen molar-refractivity contribution in [1.29, 1.82) is 0 Å². The Bertz CT molecular complexity index is 961. The van der Waals surface area contributed by atoms with Gasteiger partial charge in [0.15, 0.2) is 0 Å². The molecule has 0 fully saturated rings. The zero-order chi connectivity index (χ0) is 19.4. The van der Waals surface area contributed by atoms with E-state index in [2.05, 4.69) is 15.3 Å². The predicted octanol–water partition coefficient (Wildman–Crippen LogP) is 3.79. The molecule has 1 atom stereocenters. The number of nitrogens with one attached hydrogen (secondary N) is 1. The third-order valence-electron chi connectivity index (χ3n) is 4.35. The van der Waals surface area contributed by atoms with Crippen LogP contribution in [-0.4, -0.2) is 28.8 Å². The second-order valence-electron chi connectivity index (χ2n) is 6.25. The molecule has 1 unspecified atom stereocenters. The van der Waals surface area contributed by atoms with Crippen LogP contribution in [0.25, 0.3) is 0 Å².